The van der Waals surface area contributed by atoms with Gasteiger partial charge < -0.3 is 14.6 Å². The van der Waals surface area contributed by atoms with Crippen molar-refractivity contribution in [1.82, 2.24) is 0 Å². The number of methoxy groups -OCH3 is 1. The summed E-state index contributed by atoms with van der Waals surface area (Å²) in [4.78, 5) is 10.6. The summed E-state index contributed by atoms with van der Waals surface area (Å²) in [6.07, 6.45) is 2.52. The predicted molar refractivity (Wildman–Crippen MR) is 98.2 cm³/mol. The van der Waals surface area contributed by atoms with Crippen LogP contribution in [0.1, 0.15) is 11.1 Å². The van der Waals surface area contributed by atoms with E-state index in [4.69, 9.17) is 37.8 Å². The number of carbonyl (C=O) groups is 1. The minimum absolute atomic E-state index is 0.239. The fourth-order valence-electron chi connectivity index (χ4n) is 1.91. The number of carboxylic acids is 1. The van der Waals surface area contributed by atoms with E-state index in [-0.39, 0.29) is 6.61 Å². The molecule has 0 saturated carbocycles. The van der Waals surface area contributed by atoms with Gasteiger partial charge in [0.1, 0.15) is 6.61 Å². The minimum atomic E-state index is -1.03. The van der Waals surface area contributed by atoms with Crippen molar-refractivity contribution >= 4 is 51.2 Å². The van der Waals surface area contributed by atoms with Crippen LogP contribution in [0.15, 0.2) is 40.9 Å². The van der Waals surface area contributed by atoms with Gasteiger partial charge in [0.2, 0.25) is 0 Å². The summed E-state index contributed by atoms with van der Waals surface area (Å²) in [5.41, 5.74) is 1.44. The van der Waals surface area contributed by atoms with Crippen molar-refractivity contribution in [2.24, 2.45) is 0 Å². The van der Waals surface area contributed by atoms with Crippen molar-refractivity contribution in [3.8, 4) is 11.5 Å². The van der Waals surface area contributed by atoms with Crippen LogP contribution in [0.3, 0.4) is 0 Å². The van der Waals surface area contributed by atoms with Crippen LogP contribution >= 0.6 is 39.1 Å². The fraction of sp³-hybridized carbons (Fsp3) is 0.118. The lowest BCUT2D eigenvalue weighted by atomic mass is 10.2. The first-order valence-electron chi connectivity index (χ1n) is 6.76. The molecule has 0 aliphatic heterocycles. The first-order valence-corrected chi connectivity index (χ1v) is 8.31. The van der Waals surface area contributed by atoms with Crippen LogP contribution in [0.5, 0.6) is 11.5 Å². The van der Waals surface area contributed by atoms with Crippen LogP contribution in [0, 0.1) is 0 Å². The monoisotopic (exact) mass is 430 g/mol. The number of benzene rings is 2. The van der Waals surface area contributed by atoms with Crippen molar-refractivity contribution in [2.45, 2.75) is 6.61 Å². The molecule has 0 aromatic heterocycles. The molecule has 0 heterocycles. The SMILES string of the molecule is COc1cc(C=CC(=O)O)c(Br)cc1OCc1ccc(Cl)cc1Cl. The molecule has 24 heavy (non-hydrogen) atoms. The van der Waals surface area contributed by atoms with Crippen molar-refractivity contribution in [1.29, 1.82) is 0 Å². The zero-order valence-electron chi connectivity index (χ0n) is 12.6. The van der Waals surface area contributed by atoms with E-state index in [1.807, 2.05) is 0 Å². The Hall–Kier alpha value is -1.69. The first-order chi connectivity index (χ1) is 11.4. The van der Waals surface area contributed by atoms with Crippen LogP contribution in [0.4, 0.5) is 0 Å². The molecule has 0 fully saturated rings. The summed E-state index contributed by atoms with van der Waals surface area (Å²) in [5, 5.41) is 9.79. The molecule has 0 amide bonds. The van der Waals surface area contributed by atoms with Gasteiger partial charge in [0, 0.05) is 26.2 Å². The third-order valence-electron chi connectivity index (χ3n) is 3.09. The molecule has 0 saturated heterocycles. The molecule has 126 valence electrons. The maximum absolute atomic E-state index is 10.6. The molecule has 2 aromatic rings. The number of hydrogen-bond acceptors (Lipinski definition) is 3. The normalized spacial score (nSPS) is 10.8. The molecule has 2 aromatic carbocycles. The standard InChI is InChI=1S/C17H13BrCl2O4/c1-23-15-6-10(3-5-17(21)22)13(18)8-16(15)24-9-11-2-4-12(19)7-14(11)20/h2-8H,9H2,1H3,(H,21,22). The largest absolute Gasteiger partial charge is 0.493 e. The second kappa shape index (κ2) is 8.42. The number of hydrogen-bond donors (Lipinski definition) is 1. The predicted octanol–water partition coefficient (Wildman–Crippen LogP) is 5.44. The van der Waals surface area contributed by atoms with Gasteiger partial charge in [-0.2, -0.15) is 0 Å². The van der Waals surface area contributed by atoms with E-state index in [9.17, 15) is 4.79 Å². The Kier molecular flexibility index (Phi) is 6.54. The summed E-state index contributed by atoms with van der Waals surface area (Å²) >= 11 is 15.4. The average molecular weight is 432 g/mol. The van der Waals surface area contributed by atoms with Crippen LogP contribution in [-0.2, 0) is 11.4 Å². The third-order valence-corrected chi connectivity index (χ3v) is 4.36. The molecule has 0 unspecified atom stereocenters. The Bertz CT molecular complexity index is 790. The highest BCUT2D eigenvalue weighted by Crippen LogP contribution is 2.35. The molecule has 7 heteroatoms. The van der Waals surface area contributed by atoms with Gasteiger partial charge >= 0.3 is 5.97 Å². The molecule has 4 nitrogen and oxygen atoms in total. The lowest BCUT2D eigenvalue weighted by Gasteiger charge is -2.13. The topological polar surface area (TPSA) is 55.8 Å². The van der Waals surface area contributed by atoms with E-state index in [1.54, 1.807) is 30.3 Å². The number of carboxylic acid groups (broad SMARTS) is 1. The molecule has 0 aliphatic rings. The number of rotatable bonds is 6. The van der Waals surface area contributed by atoms with Crippen LogP contribution in [0.25, 0.3) is 6.08 Å². The van der Waals surface area contributed by atoms with E-state index in [0.717, 1.165) is 11.6 Å². The molecule has 0 spiro atoms. The maximum Gasteiger partial charge on any atom is 0.328 e. The van der Waals surface area contributed by atoms with E-state index in [0.29, 0.717) is 31.6 Å². The summed E-state index contributed by atoms with van der Waals surface area (Å²) < 4.78 is 11.8. The lowest BCUT2D eigenvalue weighted by molar-refractivity contribution is -0.131. The van der Waals surface area contributed by atoms with Crippen LogP contribution in [-0.4, -0.2) is 18.2 Å². The Morgan fingerprint density at radius 3 is 2.62 bits per heavy atom. The van der Waals surface area contributed by atoms with Gasteiger partial charge in [0.05, 0.1) is 7.11 Å². The number of ether oxygens (including phenoxy) is 2. The molecular formula is C17H13BrCl2O4. The van der Waals surface area contributed by atoms with Gasteiger partial charge in [-0.25, -0.2) is 4.79 Å². The smallest absolute Gasteiger partial charge is 0.328 e. The van der Waals surface area contributed by atoms with Gasteiger partial charge in [-0.15, -0.1) is 0 Å². The number of halogens is 3. The second-order valence-electron chi connectivity index (χ2n) is 4.72. The second-order valence-corrected chi connectivity index (χ2v) is 6.42. The summed E-state index contributed by atoms with van der Waals surface area (Å²) in [6, 6.07) is 8.57. The highest BCUT2D eigenvalue weighted by Gasteiger charge is 2.11. The van der Waals surface area contributed by atoms with Gasteiger partial charge in [0.25, 0.3) is 0 Å². The quantitative estimate of drug-likeness (QED) is 0.618. The van der Waals surface area contributed by atoms with Gasteiger partial charge in [-0.3, -0.25) is 0 Å². The lowest BCUT2D eigenvalue weighted by Crippen LogP contribution is -1.99. The van der Waals surface area contributed by atoms with E-state index in [2.05, 4.69) is 15.9 Å². The highest BCUT2D eigenvalue weighted by molar-refractivity contribution is 9.10. The van der Waals surface area contributed by atoms with Crippen LogP contribution in [0.2, 0.25) is 10.0 Å². The number of aliphatic carboxylic acids is 1. The highest BCUT2D eigenvalue weighted by atomic mass is 79.9. The van der Waals surface area contributed by atoms with E-state index < -0.39 is 5.97 Å². The molecule has 0 aliphatic carbocycles. The molecule has 0 radical (unpaired) electrons. The van der Waals surface area contributed by atoms with Crippen molar-refractivity contribution in [2.75, 3.05) is 7.11 Å². The summed E-state index contributed by atoms with van der Waals surface area (Å²) in [5.74, 6) is -0.0465. The Morgan fingerprint density at radius 1 is 1.25 bits per heavy atom. The zero-order valence-corrected chi connectivity index (χ0v) is 15.7. The Morgan fingerprint density at radius 2 is 2.00 bits per heavy atom. The minimum Gasteiger partial charge on any atom is -0.493 e. The average Bonchev–Trinajstić information content (AvgIpc) is 2.53. The van der Waals surface area contributed by atoms with Gasteiger partial charge in [-0.1, -0.05) is 45.2 Å². The first kappa shape index (κ1) is 18.6. The Balaban J connectivity index is 2.23. The van der Waals surface area contributed by atoms with Gasteiger partial charge in [0.15, 0.2) is 11.5 Å². The third kappa shape index (κ3) is 4.90. The Labute approximate surface area is 157 Å². The van der Waals surface area contributed by atoms with Crippen molar-refractivity contribution in [3.05, 3.63) is 62.1 Å². The zero-order chi connectivity index (χ0) is 17.7. The maximum atomic E-state index is 10.6. The molecule has 2 rings (SSSR count). The molecule has 0 bridgehead atoms. The van der Waals surface area contributed by atoms with E-state index in [1.165, 1.54) is 13.2 Å². The fourth-order valence-corrected chi connectivity index (χ4v) is 2.82. The van der Waals surface area contributed by atoms with E-state index >= 15 is 0 Å². The summed E-state index contributed by atoms with van der Waals surface area (Å²) in [7, 11) is 1.51. The summed E-state index contributed by atoms with van der Waals surface area (Å²) in [6.45, 7) is 0.239. The van der Waals surface area contributed by atoms with Gasteiger partial charge in [-0.05, 0) is 35.9 Å². The van der Waals surface area contributed by atoms with Crippen molar-refractivity contribution < 1.29 is 19.4 Å². The molecule has 0 atom stereocenters. The van der Waals surface area contributed by atoms with Crippen molar-refractivity contribution in [3.63, 3.8) is 0 Å². The molecule has 1 N–H and O–H groups in total. The molecular weight excluding hydrogens is 419 g/mol. The van der Waals surface area contributed by atoms with Crippen LogP contribution < -0.4 is 9.47 Å².